The summed E-state index contributed by atoms with van der Waals surface area (Å²) in [7, 11) is 0. The van der Waals surface area contributed by atoms with Gasteiger partial charge < -0.3 is 10.4 Å². The molecule has 0 spiro atoms. The van der Waals surface area contributed by atoms with Crippen LogP contribution in [0.3, 0.4) is 0 Å². The molecule has 1 aromatic carbocycles. The molecule has 0 radical (unpaired) electrons. The van der Waals surface area contributed by atoms with Crippen LogP contribution in [0.15, 0.2) is 54.5 Å². The van der Waals surface area contributed by atoms with Crippen molar-refractivity contribution in [3.63, 3.8) is 0 Å². The summed E-state index contributed by atoms with van der Waals surface area (Å²) in [6, 6.07) is 10.1. The molecule has 3 aromatic heterocycles. The summed E-state index contributed by atoms with van der Waals surface area (Å²) in [5.74, 6) is 0.383. The first-order valence-corrected chi connectivity index (χ1v) is 11.5. The van der Waals surface area contributed by atoms with Gasteiger partial charge in [0.15, 0.2) is 11.5 Å². The van der Waals surface area contributed by atoms with Crippen molar-refractivity contribution in [1.82, 2.24) is 24.6 Å². The van der Waals surface area contributed by atoms with E-state index in [0.717, 1.165) is 31.9 Å². The summed E-state index contributed by atoms with van der Waals surface area (Å²) in [4.78, 5) is 13.3. The van der Waals surface area contributed by atoms with Crippen molar-refractivity contribution in [3.05, 3.63) is 77.0 Å². The third-order valence-corrected chi connectivity index (χ3v) is 6.74. The molecular formula is C26H25FN6O. The molecule has 34 heavy (non-hydrogen) atoms. The molecule has 0 bridgehead atoms. The van der Waals surface area contributed by atoms with E-state index < -0.39 is 11.4 Å². The minimum atomic E-state index is -1.15. The molecule has 6 rings (SSSR count). The topological polar surface area (TPSA) is 88.2 Å². The van der Waals surface area contributed by atoms with Gasteiger partial charge in [-0.15, -0.1) is 0 Å². The van der Waals surface area contributed by atoms with Crippen LogP contribution in [-0.4, -0.2) is 35.7 Å². The number of nitrogens with one attached hydrogen (secondary N) is 1. The molecule has 0 amide bonds. The van der Waals surface area contributed by atoms with Crippen molar-refractivity contribution in [1.29, 1.82) is 0 Å². The molecule has 2 aliphatic carbocycles. The van der Waals surface area contributed by atoms with Gasteiger partial charge >= 0.3 is 0 Å². The van der Waals surface area contributed by atoms with Gasteiger partial charge in [0.05, 0.1) is 18.0 Å². The second-order valence-electron chi connectivity index (χ2n) is 9.62. The van der Waals surface area contributed by atoms with Gasteiger partial charge in [-0.25, -0.2) is 9.37 Å². The molecule has 0 unspecified atom stereocenters. The van der Waals surface area contributed by atoms with E-state index in [0.29, 0.717) is 28.5 Å². The number of hydrogen-bond acceptors (Lipinski definition) is 6. The number of pyridine rings is 1. The number of aliphatic hydroxyl groups is 1. The van der Waals surface area contributed by atoms with Crippen molar-refractivity contribution in [2.45, 2.75) is 51.2 Å². The normalized spacial score (nSPS) is 17.7. The van der Waals surface area contributed by atoms with Gasteiger partial charge in [0.1, 0.15) is 5.82 Å². The van der Waals surface area contributed by atoms with Crippen molar-refractivity contribution in [2.24, 2.45) is 0 Å². The summed E-state index contributed by atoms with van der Waals surface area (Å²) >= 11 is 0. The van der Waals surface area contributed by atoms with Crippen LogP contribution in [0, 0.1) is 5.82 Å². The largest absolute Gasteiger partial charge is 0.386 e. The lowest BCUT2D eigenvalue weighted by molar-refractivity contribution is 0.0799. The van der Waals surface area contributed by atoms with Crippen LogP contribution in [0.2, 0.25) is 0 Å². The number of anilines is 1. The zero-order chi connectivity index (χ0) is 23.4. The minimum Gasteiger partial charge on any atom is -0.386 e. The van der Waals surface area contributed by atoms with Crippen molar-refractivity contribution in [3.8, 4) is 11.4 Å². The second kappa shape index (κ2) is 7.70. The Labute approximate surface area is 196 Å². The molecule has 7 nitrogen and oxygen atoms in total. The number of allylic oxidation sites excluding steroid dienone is 1. The third-order valence-electron chi connectivity index (χ3n) is 6.74. The summed E-state index contributed by atoms with van der Waals surface area (Å²) < 4.78 is 15.5. The fourth-order valence-corrected chi connectivity index (χ4v) is 5.06. The number of halogens is 1. The lowest BCUT2D eigenvalue weighted by Crippen LogP contribution is -2.26. The molecular weight excluding hydrogens is 431 g/mol. The van der Waals surface area contributed by atoms with Gasteiger partial charge in [-0.05, 0) is 62.3 Å². The molecule has 3 heterocycles. The molecule has 0 aliphatic heterocycles. The van der Waals surface area contributed by atoms with E-state index in [4.69, 9.17) is 4.98 Å². The number of nitrogens with zero attached hydrogens (tertiary/aromatic N) is 5. The van der Waals surface area contributed by atoms with Crippen LogP contribution in [0.4, 0.5) is 10.3 Å². The molecule has 4 aromatic rings. The van der Waals surface area contributed by atoms with Gasteiger partial charge in [0, 0.05) is 23.4 Å². The van der Waals surface area contributed by atoms with Crippen LogP contribution in [0.1, 0.15) is 49.8 Å². The Morgan fingerprint density at radius 2 is 2.00 bits per heavy atom. The number of aromatic nitrogens is 5. The van der Waals surface area contributed by atoms with Gasteiger partial charge in [0.2, 0.25) is 5.95 Å². The highest BCUT2D eigenvalue weighted by Gasteiger charge is 2.30. The fraction of sp³-hybridized carbons (Fsp3) is 0.308. The maximum atomic E-state index is 13.9. The first-order chi connectivity index (χ1) is 16.4. The first-order valence-electron chi connectivity index (χ1n) is 11.5. The van der Waals surface area contributed by atoms with Crippen LogP contribution >= 0.6 is 0 Å². The number of rotatable bonds is 4. The van der Waals surface area contributed by atoms with E-state index >= 15 is 0 Å². The van der Waals surface area contributed by atoms with E-state index in [9.17, 15) is 9.50 Å². The van der Waals surface area contributed by atoms with Gasteiger partial charge in [-0.1, -0.05) is 29.8 Å². The lowest BCUT2D eigenvalue weighted by Gasteiger charge is -2.26. The predicted molar refractivity (Wildman–Crippen MR) is 128 cm³/mol. The van der Waals surface area contributed by atoms with Gasteiger partial charge in [-0.3, -0.25) is 4.98 Å². The smallest absolute Gasteiger partial charge is 0.228 e. The van der Waals surface area contributed by atoms with E-state index in [1.165, 1.54) is 34.5 Å². The Kier molecular flexibility index (Phi) is 4.74. The SMILES string of the molecule is CC(C)(O)c1cnn2c(N[C@@H]3CCC4=C(C3)c3ccccc3C4)nc(-c3cncc(F)c3)nc12. The highest BCUT2D eigenvalue weighted by atomic mass is 19.1. The molecule has 2 aliphatic rings. The number of fused-ring (bicyclic) bond motifs is 3. The predicted octanol–water partition coefficient (Wildman–Crippen LogP) is 4.53. The quantitative estimate of drug-likeness (QED) is 0.469. The van der Waals surface area contributed by atoms with E-state index in [-0.39, 0.29) is 6.04 Å². The lowest BCUT2D eigenvalue weighted by atomic mass is 9.88. The number of benzene rings is 1. The molecule has 0 saturated heterocycles. The Hall–Kier alpha value is -3.65. The fourth-order valence-electron chi connectivity index (χ4n) is 5.06. The average molecular weight is 457 g/mol. The summed E-state index contributed by atoms with van der Waals surface area (Å²) in [5.41, 5.74) is 6.08. The summed E-state index contributed by atoms with van der Waals surface area (Å²) in [6.45, 7) is 3.38. The minimum absolute atomic E-state index is 0.163. The molecule has 8 heteroatoms. The second-order valence-corrected chi connectivity index (χ2v) is 9.62. The highest BCUT2D eigenvalue weighted by molar-refractivity contribution is 5.77. The molecule has 0 saturated carbocycles. The van der Waals surface area contributed by atoms with Crippen LogP contribution in [0.25, 0.3) is 22.6 Å². The zero-order valence-electron chi connectivity index (χ0n) is 19.1. The maximum absolute atomic E-state index is 13.9. The average Bonchev–Trinajstić information content (AvgIpc) is 3.41. The number of hydrogen-bond donors (Lipinski definition) is 2. The Morgan fingerprint density at radius 1 is 1.15 bits per heavy atom. The van der Waals surface area contributed by atoms with Gasteiger partial charge in [0.25, 0.3) is 0 Å². The van der Waals surface area contributed by atoms with Crippen molar-refractivity contribution < 1.29 is 9.50 Å². The molecule has 1 atom stereocenters. The van der Waals surface area contributed by atoms with Crippen LogP contribution in [-0.2, 0) is 12.0 Å². The molecule has 2 N–H and O–H groups in total. The third kappa shape index (κ3) is 3.54. The zero-order valence-corrected chi connectivity index (χ0v) is 19.1. The van der Waals surface area contributed by atoms with E-state index in [1.54, 1.807) is 24.6 Å². The van der Waals surface area contributed by atoms with E-state index in [1.807, 2.05) is 0 Å². The molecule has 172 valence electrons. The summed E-state index contributed by atoms with van der Waals surface area (Å²) in [6.07, 6.45) is 8.24. The maximum Gasteiger partial charge on any atom is 0.228 e. The van der Waals surface area contributed by atoms with E-state index in [2.05, 4.69) is 44.6 Å². The van der Waals surface area contributed by atoms with Crippen molar-refractivity contribution in [2.75, 3.05) is 5.32 Å². The van der Waals surface area contributed by atoms with Crippen LogP contribution in [0.5, 0.6) is 0 Å². The monoisotopic (exact) mass is 456 g/mol. The van der Waals surface area contributed by atoms with Gasteiger partial charge in [-0.2, -0.15) is 14.6 Å². The standard InChI is InChI=1S/C26H25FN6O/c1-26(2,34)22-14-29-33-24(22)31-23(17-10-18(27)13-28-12-17)32-25(33)30-19-8-7-16-9-15-5-3-4-6-20(15)21(16)11-19/h3-6,10,12-14,19,34H,7-9,11H2,1-2H3,(H,30,31,32)/t19-/m1/s1. The summed E-state index contributed by atoms with van der Waals surface area (Å²) in [5, 5.41) is 18.7. The van der Waals surface area contributed by atoms with Crippen LogP contribution < -0.4 is 5.32 Å². The Bertz CT molecular complexity index is 1450. The highest BCUT2D eigenvalue weighted by Crippen LogP contribution is 2.42. The van der Waals surface area contributed by atoms with Crippen molar-refractivity contribution >= 4 is 17.2 Å². The first kappa shape index (κ1) is 20.9. The molecule has 0 fully saturated rings. The Morgan fingerprint density at radius 3 is 2.82 bits per heavy atom. The Balaban J connectivity index is 1.40.